The molecule has 4 rings (SSSR count). The number of carbonyl (C=O) groups excluding carboxylic acids is 1. The van der Waals surface area contributed by atoms with Crippen LogP contribution in [0.15, 0.2) is 64.5 Å². The molecule has 5 nitrogen and oxygen atoms in total. The first kappa shape index (κ1) is 20.6. The van der Waals surface area contributed by atoms with Gasteiger partial charge in [-0.25, -0.2) is 4.39 Å². The Morgan fingerprint density at radius 1 is 1.27 bits per heavy atom. The van der Waals surface area contributed by atoms with Gasteiger partial charge in [-0.3, -0.25) is 9.48 Å². The first-order chi connectivity index (χ1) is 14.4. The van der Waals surface area contributed by atoms with Crippen molar-refractivity contribution in [3.05, 3.63) is 66.1 Å². The Kier molecular flexibility index (Phi) is 5.66. The molecule has 0 bridgehead atoms. The molecular formula is C23H24FN3O2S. The summed E-state index contributed by atoms with van der Waals surface area (Å²) >= 11 is 1.33. The summed E-state index contributed by atoms with van der Waals surface area (Å²) in [7, 11) is 1.89. The van der Waals surface area contributed by atoms with Gasteiger partial charge in [0.15, 0.2) is 0 Å². The smallest absolute Gasteiger partial charge is 0.228 e. The topological polar surface area (TPSA) is 70.1 Å². The molecule has 2 heterocycles. The Balaban J connectivity index is 1.63. The number of aromatic nitrogens is 2. The summed E-state index contributed by atoms with van der Waals surface area (Å²) in [6.45, 7) is 2.27. The SMILES string of the molecule is C[C@H]1C[C@](C(N)=O)(c2cccc(Sc3ccc(-c4ccnn4C)cc3)c2F)CCO1. The summed E-state index contributed by atoms with van der Waals surface area (Å²) in [5.41, 5.74) is 7.14. The van der Waals surface area contributed by atoms with E-state index in [1.165, 1.54) is 11.8 Å². The molecule has 156 valence electrons. The minimum atomic E-state index is -1.04. The molecule has 2 N–H and O–H groups in total. The summed E-state index contributed by atoms with van der Waals surface area (Å²) in [6.07, 6.45) is 2.37. The van der Waals surface area contributed by atoms with Crippen molar-refractivity contribution in [2.75, 3.05) is 6.61 Å². The number of carbonyl (C=O) groups is 1. The molecule has 0 spiro atoms. The molecule has 0 saturated carbocycles. The van der Waals surface area contributed by atoms with Gasteiger partial charge in [-0.05, 0) is 49.6 Å². The van der Waals surface area contributed by atoms with E-state index >= 15 is 4.39 Å². The van der Waals surface area contributed by atoms with Gasteiger partial charge >= 0.3 is 0 Å². The molecule has 7 heteroatoms. The number of hydrogen-bond acceptors (Lipinski definition) is 4. The third-order valence-electron chi connectivity index (χ3n) is 5.72. The minimum Gasteiger partial charge on any atom is -0.378 e. The Bertz CT molecular complexity index is 1070. The van der Waals surface area contributed by atoms with Crippen LogP contribution < -0.4 is 5.73 Å². The molecular weight excluding hydrogens is 401 g/mol. The van der Waals surface area contributed by atoms with Gasteiger partial charge < -0.3 is 10.5 Å². The lowest BCUT2D eigenvalue weighted by Gasteiger charge is -2.38. The first-order valence-corrected chi connectivity index (χ1v) is 10.7. The van der Waals surface area contributed by atoms with Crippen LogP contribution in [0.25, 0.3) is 11.3 Å². The van der Waals surface area contributed by atoms with Gasteiger partial charge in [-0.15, -0.1) is 0 Å². The summed E-state index contributed by atoms with van der Waals surface area (Å²) < 4.78 is 22.9. The van der Waals surface area contributed by atoms with Gasteiger partial charge in [0.1, 0.15) is 5.82 Å². The van der Waals surface area contributed by atoms with E-state index in [1.807, 2.05) is 49.0 Å². The molecule has 1 saturated heterocycles. The average molecular weight is 426 g/mol. The fourth-order valence-corrected chi connectivity index (χ4v) is 5.00. The molecule has 0 aliphatic carbocycles. The van der Waals surface area contributed by atoms with Crippen LogP contribution >= 0.6 is 11.8 Å². The molecule has 30 heavy (non-hydrogen) atoms. The van der Waals surface area contributed by atoms with Crippen molar-refractivity contribution in [2.45, 2.75) is 41.1 Å². The highest BCUT2D eigenvalue weighted by atomic mass is 32.2. The summed E-state index contributed by atoms with van der Waals surface area (Å²) in [6, 6.07) is 15.0. The number of rotatable bonds is 5. The van der Waals surface area contributed by atoms with Crippen LogP contribution in [0.2, 0.25) is 0 Å². The molecule has 1 aliphatic rings. The number of amides is 1. The van der Waals surface area contributed by atoms with Crippen LogP contribution in [0.3, 0.4) is 0 Å². The van der Waals surface area contributed by atoms with E-state index in [1.54, 1.807) is 24.4 Å². The largest absolute Gasteiger partial charge is 0.378 e. The van der Waals surface area contributed by atoms with Gasteiger partial charge in [0.2, 0.25) is 5.91 Å². The minimum absolute atomic E-state index is 0.151. The molecule has 3 aromatic rings. The van der Waals surface area contributed by atoms with Crippen molar-refractivity contribution in [3.8, 4) is 11.3 Å². The highest BCUT2D eigenvalue weighted by Gasteiger charge is 2.44. The Hall–Kier alpha value is -2.64. The van der Waals surface area contributed by atoms with E-state index < -0.39 is 11.3 Å². The second kappa shape index (κ2) is 8.24. The third-order valence-corrected chi connectivity index (χ3v) is 6.76. The molecule has 1 amide bonds. The lowest BCUT2D eigenvalue weighted by molar-refractivity contribution is -0.129. The number of benzene rings is 2. The number of halogens is 1. The van der Waals surface area contributed by atoms with E-state index in [4.69, 9.17) is 10.5 Å². The Morgan fingerprint density at radius 3 is 2.67 bits per heavy atom. The molecule has 2 atom stereocenters. The lowest BCUT2D eigenvalue weighted by Crippen LogP contribution is -2.48. The highest BCUT2D eigenvalue weighted by Crippen LogP contribution is 2.41. The van der Waals surface area contributed by atoms with Gasteiger partial charge in [-0.1, -0.05) is 36.0 Å². The van der Waals surface area contributed by atoms with E-state index in [0.717, 1.165) is 16.2 Å². The zero-order valence-electron chi connectivity index (χ0n) is 17.0. The van der Waals surface area contributed by atoms with Crippen molar-refractivity contribution in [2.24, 2.45) is 12.8 Å². The maximum atomic E-state index is 15.5. The predicted octanol–water partition coefficient (Wildman–Crippen LogP) is 4.30. The number of nitrogens with two attached hydrogens (primary N) is 1. The average Bonchev–Trinajstić information content (AvgIpc) is 3.16. The second-order valence-electron chi connectivity index (χ2n) is 7.67. The van der Waals surface area contributed by atoms with E-state index in [9.17, 15) is 4.79 Å². The Labute approximate surface area is 179 Å². The van der Waals surface area contributed by atoms with Crippen LogP contribution in [-0.4, -0.2) is 28.4 Å². The first-order valence-electron chi connectivity index (χ1n) is 9.87. The van der Waals surface area contributed by atoms with Crippen LogP contribution in [0.5, 0.6) is 0 Å². The van der Waals surface area contributed by atoms with Crippen LogP contribution in [0.4, 0.5) is 4.39 Å². The Morgan fingerprint density at radius 2 is 2.03 bits per heavy atom. The number of hydrogen-bond donors (Lipinski definition) is 1. The van der Waals surface area contributed by atoms with Crippen LogP contribution in [0.1, 0.15) is 25.3 Å². The molecule has 0 unspecified atom stereocenters. The summed E-state index contributed by atoms with van der Waals surface area (Å²) in [5.74, 6) is -0.884. The quantitative estimate of drug-likeness (QED) is 0.662. The van der Waals surface area contributed by atoms with Crippen molar-refractivity contribution in [3.63, 3.8) is 0 Å². The van der Waals surface area contributed by atoms with Crippen molar-refractivity contribution < 1.29 is 13.9 Å². The molecule has 1 aliphatic heterocycles. The predicted molar refractivity (Wildman–Crippen MR) is 115 cm³/mol. The van der Waals surface area contributed by atoms with Gasteiger partial charge in [0.25, 0.3) is 0 Å². The molecule has 1 fully saturated rings. The summed E-state index contributed by atoms with van der Waals surface area (Å²) in [4.78, 5) is 13.8. The zero-order chi connectivity index (χ0) is 21.3. The van der Waals surface area contributed by atoms with E-state index in [2.05, 4.69) is 5.10 Å². The maximum absolute atomic E-state index is 15.5. The third kappa shape index (κ3) is 3.75. The number of nitrogens with zero attached hydrogens (tertiary/aromatic N) is 2. The molecule has 1 aromatic heterocycles. The normalized spacial score (nSPS) is 21.5. The van der Waals surface area contributed by atoms with Crippen molar-refractivity contribution in [1.82, 2.24) is 9.78 Å². The highest BCUT2D eigenvalue weighted by molar-refractivity contribution is 7.99. The molecule has 2 aromatic carbocycles. The van der Waals surface area contributed by atoms with E-state index in [-0.39, 0.29) is 11.9 Å². The van der Waals surface area contributed by atoms with Crippen LogP contribution in [0, 0.1) is 5.82 Å². The zero-order valence-corrected chi connectivity index (χ0v) is 17.8. The van der Waals surface area contributed by atoms with Crippen LogP contribution in [-0.2, 0) is 22.0 Å². The van der Waals surface area contributed by atoms with Crippen molar-refractivity contribution >= 4 is 17.7 Å². The van der Waals surface area contributed by atoms with Crippen molar-refractivity contribution in [1.29, 1.82) is 0 Å². The standard InChI is InChI=1S/C23H24FN3O2S/c1-15-14-23(22(25)28,11-13-29-15)18-4-3-5-20(21(18)24)30-17-8-6-16(7-9-17)19-10-12-26-27(19)2/h3-10,12,15H,11,13-14H2,1-2H3,(H2,25,28)/t15-,23-/m0/s1. The monoisotopic (exact) mass is 425 g/mol. The summed E-state index contributed by atoms with van der Waals surface area (Å²) in [5, 5.41) is 4.19. The fourth-order valence-electron chi connectivity index (χ4n) is 4.12. The number of ether oxygens (including phenoxy) is 1. The second-order valence-corrected chi connectivity index (χ2v) is 8.78. The van der Waals surface area contributed by atoms with Gasteiger partial charge in [0.05, 0.1) is 17.2 Å². The fraction of sp³-hybridized carbons (Fsp3) is 0.304. The lowest BCUT2D eigenvalue weighted by atomic mass is 9.71. The number of primary amides is 1. The van der Waals surface area contributed by atoms with Gasteiger partial charge in [0, 0.05) is 35.2 Å². The van der Waals surface area contributed by atoms with Gasteiger partial charge in [-0.2, -0.15) is 5.10 Å². The van der Waals surface area contributed by atoms with E-state index in [0.29, 0.717) is 29.9 Å². The number of aryl methyl sites for hydroxylation is 1. The molecule has 0 radical (unpaired) electrons. The maximum Gasteiger partial charge on any atom is 0.228 e.